The largest absolute Gasteiger partial charge is 0.756 e. The number of carbonyl (C=O) groups is 2. The van der Waals surface area contributed by atoms with Gasteiger partial charge in [0.05, 0.1) is 27.7 Å². The Morgan fingerprint density at radius 3 is 1.56 bits per heavy atom. The van der Waals surface area contributed by atoms with Gasteiger partial charge in [-0.15, -0.1) is 0 Å². The predicted octanol–water partition coefficient (Wildman–Crippen LogP) is 9.61. The zero-order valence-corrected chi connectivity index (χ0v) is 32.6. The summed E-state index contributed by atoms with van der Waals surface area (Å²) in [6, 6.07) is 0. The van der Waals surface area contributed by atoms with Gasteiger partial charge in [0.2, 0.25) is 0 Å². The molecule has 10 heteroatoms. The number of hydrogen-bond acceptors (Lipinski definition) is 8. The molecule has 1 unspecified atom stereocenters. The minimum absolute atomic E-state index is 0.0308. The van der Waals surface area contributed by atoms with Gasteiger partial charge in [0.25, 0.3) is 7.82 Å². The van der Waals surface area contributed by atoms with Gasteiger partial charge in [0, 0.05) is 12.8 Å². The number of phosphoric ester groups is 1. The van der Waals surface area contributed by atoms with Gasteiger partial charge in [-0.25, -0.2) is 0 Å². The fourth-order valence-corrected chi connectivity index (χ4v) is 5.91. The summed E-state index contributed by atoms with van der Waals surface area (Å²) >= 11 is 0. The van der Waals surface area contributed by atoms with Crippen LogP contribution in [0.2, 0.25) is 0 Å². The Balaban J connectivity index is 4.45. The quantitative estimate of drug-likeness (QED) is 0.0211. The Labute approximate surface area is 295 Å². The topological polar surface area (TPSA) is 111 Å². The van der Waals surface area contributed by atoms with Crippen LogP contribution >= 0.6 is 7.82 Å². The highest BCUT2D eigenvalue weighted by atomic mass is 31.2. The average Bonchev–Trinajstić information content (AvgIpc) is 3.02. The molecular formula is C38H74NO8P. The van der Waals surface area contributed by atoms with Crippen molar-refractivity contribution in [1.82, 2.24) is 0 Å². The minimum atomic E-state index is -4.61. The van der Waals surface area contributed by atoms with Crippen LogP contribution in [0.4, 0.5) is 0 Å². The number of hydrogen-bond donors (Lipinski definition) is 0. The molecule has 0 aromatic carbocycles. The molecule has 0 N–H and O–H groups in total. The maximum atomic E-state index is 12.6. The number of nitrogens with zero attached hydrogens (tertiary/aromatic N) is 1. The van der Waals surface area contributed by atoms with Gasteiger partial charge in [-0.1, -0.05) is 129 Å². The van der Waals surface area contributed by atoms with E-state index in [1.807, 2.05) is 21.1 Å². The third kappa shape index (κ3) is 34.6. The smallest absolute Gasteiger partial charge is 0.306 e. The van der Waals surface area contributed by atoms with Crippen LogP contribution in [0.25, 0.3) is 0 Å². The normalized spacial score (nSPS) is 13.9. The monoisotopic (exact) mass is 704 g/mol. The zero-order valence-electron chi connectivity index (χ0n) is 31.7. The maximum absolute atomic E-state index is 12.6. The van der Waals surface area contributed by atoms with Crippen molar-refractivity contribution in [3.05, 3.63) is 12.2 Å². The van der Waals surface area contributed by atoms with E-state index in [2.05, 4.69) is 26.0 Å². The highest BCUT2D eigenvalue weighted by molar-refractivity contribution is 7.45. The van der Waals surface area contributed by atoms with Gasteiger partial charge in [-0.2, -0.15) is 0 Å². The molecule has 0 aromatic heterocycles. The number of allylic oxidation sites excluding steroid dienone is 2. The van der Waals surface area contributed by atoms with Crippen molar-refractivity contribution < 1.29 is 42.1 Å². The molecule has 0 rings (SSSR count). The lowest BCUT2D eigenvalue weighted by atomic mass is 10.1. The van der Waals surface area contributed by atoms with Crippen molar-refractivity contribution in [2.75, 3.05) is 47.5 Å². The Kier molecular flexibility index (Phi) is 30.9. The van der Waals surface area contributed by atoms with Crippen LogP contribution in [0.5, 0.6) is 0 Å². The summed E-state index contributed by atoms with van der Waals surface area (Å²) < 4.78 is 33.7. The standard InChI is InChI=1S/C38H74NO8P/c1-6-8-10-12-14-16-18-19-21-23-25-27-29-31-38(41)47-36(35-46-48(42,43)45-33-32-39(3,4)5)34-44-37(40)30-28-26-24-22-20-17-15-13-11-9-7-2/h19,21,36H,6-18,20,22-35H2,1-5H3/b21-19+/t36-/m1/s1. The highest BCUT2D eigenvalue weighted by Crippen LogP contribution is 2.38. The number of likely N-dealkylation sites (N-methyl/N-ethyl adjacent to an activating group) is 1. The zero-order chi connectivity index (χ0) is 35.8. The molecule has 2 atom stereocenters. The molecule has 284 valence electrons. The van der Waals surface area contributed by atoms with Crippen LogP contribution in [-0.4, -0.2) is 70.0 Å². The van der Waals surface area contributed by atoms with Gasteiger partial charge in [-0.05, 0) is 38.5 Å². The van der Waals surface area contributed by atoms with E-state index in [-0.39, 0.29) is 32.0 Å². The summed E-state index contributed by atoms with van der Waals surface area (Å²) in [7, 11) is 1.16. The van der Waals surface area contributed by atoms with Crippen molar-refractivity contribution in [2.45, 2.75) is 174 Å². The molecule has 0 amide bonds. The third-order valence-corrected chi connectivity index (χ3v) is 9.25. The lowest BCUT2D eigenvalue weighted by Gasteiger charge is -2.28. The average molecular weight is 704 g/mol. The Morgan fingerprint density at radius 1 is 0.625 bits per heavy atom. The van der Waals surface area contributed by atoms with Gasteiger partial charge < -0.3 is 27.9 Å². The molecule has 0 aliphatic carbocycles. The third-order valence-electron chi connectivity index (χ3n) is 8.29. The number of esters is 2. The highest BCUT2D eigenvalue weighted by Gasteiger charge is 2.21. The molecule has 0 heterocycles. The summed E-state index contributed by atoms with van der Waals surface area (Å²) in [6.45, 7) is 4.18. The first-order valence-electron chi connectivity index (χ1n) is 19.4. The van der Waals surface area contributed by atoms with Crippen LogP contribution in [-0.2, 0) is 32.7 Å². The first kappa shape index (κ1) is 46.8. The molecule has 9 nitrogen and oxygen atoms in total. The van der Waals surface area contributed by atoms with Crippen molar-refractivity contribution in [1.29, 1.82) is 0 Å². The second-order valence-electron chi connectivity index (χ2n) is 14.3. The number of rotatable bonds is 35. The molecule has 0 saturated heterocycles. The second-order valence-corrected chi connectivity index (χ2v) is 15.7. The lowest BCUT2D eigenvalue weighted by molar-refractivity contribution is -0.870. The van der Waals surface area contributed by atoms with E-state index < -0.39 is 26.5 Å². The van der Waals surface area contributed by atoms with Gasteiger partial charge in [-0.3, -0.25) is 14.2 Å². The number of phosphoric acid groups is 1. The Morgan fingerprint density at radius 2 is 1.06 bits per heavy atom. The Bertz CT molecular complexity index is 845. The van der Waals surface area contributed by atoms with Gasteiger partial charge in [0.15, 0.2) is 6.10 Å². The number of carbonyl (C=O) groups excluding carboxylic acids is 2. The molecule has 0 bridgehead atoms. The molecule has 48 heavy (non-hydrogen) atoms. The SMILES string of the molecule is CCCCCCCC/C=C/CCCCCC(=O)O[C@H](COC(=O)CCCCCCCCCCCCC)COP(=O)([O-])OCC[N+](C)(C)C. The molecule has 0 saturated carbocycles. The summed E-state index contributed by atoms with van der Waals surface area (Å²) in [6.07, 6.45) is 29.5. The summed E-state index contributed by atoms with van der Waals surface area (Å²) in [5.74, 6) is -0.851. The molecule has 0 spiro atoms. The fraction of sp³-hybridized carbons (Fsp3) is 0.895. The van der Waals surface area contributed by atoms with E-state index in [1.165, 1.54) is 89.9 Å². The number of quaternary nitrogens is 1. The predicted molar refractivity (Wildman–Crippen MR) is 195 cm³/mol. The molecule has 0 radical (unpaired) electrons. The minimum Gasteiger partial charge on any atom is -0.756 e. The van der Waals surface area contributed by atoms with E-state index in [0.717, 1.165) is 44.9 Å². The lowest BCUT2D eigenvalue weighted by Crippen LogP contribution is -2.37. The summed E-state index contributed by atoms with van der Waals surface area (Å²) in [4.78, 5) is 37.3. The van der Waals surface area contributed by atoms with E-state index in [1.54, 1.807) is 0 Å². The molecular weight excluding hydrogens is 629 g/mol. The van der Waals surface area contributed by atoms with Gasteiger partial charge >= 0.3 is 11.9 Å². The van der Waals surface area contributed by atoms with E-state index in [0.29, 0.717) is 17.4 Å². The van der Waals surface area contributed by atoms with Crippen molar-refractivity contribution >= 4 is 19.8 Å². The van der Waals surface area contributed by atoms with Crippen LogP contribution in [0.3, 0.4) is 0 Å². The first-order valence-corrected chi connectivity index (χ1v) is 20.9. The number of ether oxygens (including phenoxy) is 2. The van der Waals surface area contributed by atoms with Crippen molar-refractivity contribution in [3.8, 4) is 0 Å². The summed E-state index contributed by atoms with van der Waals surface area (Å²) in [5.41, 5.74) is 0. The molecule has 0 aliphatic rings. The van der Waals surface area contributed by atoms with E-state index in [9.17, 15) is 19.0 Å². The van der Waals surface area contributed by atoms with Crippen LogP contribution in [0.1, 0.15) is 168 Å². The van der Waals surface area contributed by atoms with Gasteiger partial charge in [0.1, 0.15) is 19.8 Å². The molecule has 0 aliphatic heterocycles. The van der Waals surface area contributed by atoms with Crippen LogP contribution in [0, 0.1) is 0 Å². The summed E-state index contributed by atoms with van der Waals surface area (Å²) in [5, 5.41) is 0. The molecule has 0 fully saturated rings. The van der Waals surface area contributed by atoms with E-state index in [4.69, 9.17) is 18.5 Å². The van der Waals surface area contributed by atoms with E-state index >= 15 is 0 Å². The first-order chi connectivity index (χ1) is 23.0. The maximum Gasteiger partial charge on any atom is 0.306 e. The van der Waals surface area contributed by atoms with Crippen LogP contribution < -0.4 is 4.89 Å². The number of unbranched alkanes of at least 4 members (excludes halogenated alkanes) is 19. The van der Waals surface area contributed by atoms with Crippen molar-refractivity contribution in [2.24, 2.45) is 0 Å². The van der Waals surface area contributed by atoms with Crippen LogP contribution in [0.15, 0.2) is 12.2 Å². The molecule has 0 aromatic rings. The van der Waals surface area contributed by atoms with Crippen molar-refractivity contribution in [3.63, 3.8) is 0 Å². The fourth-order valence-electron chi connectivity index (χ4n) is 5.18. The second kappa shape index (κ2) is 31.7. The Hall–Kier alpha value is -1.25.